The van der Waals surface area contributed by atoms with E-state index in [1.165, 1.54) is 0 Å². The van der Waals surface area contributed by atoms with E-state index in [0.717, 1.165) is 16.9 Å². The number of nitrogens with zero attached hydrogens (tertiary/aromatic N) is 2. The molecule has 3 nitrogen and oxygen atoms in total. The number of benzene rings is 2. The fourth-order valence-electron chi connectivity index (χ4n) is 2.28. The van der Waals surface area contributed by atoms with Crippen molar-refractivity contribution in [3.8, 4) is 6.07 Å². The third-order valence-corrected chi connectivity index (χ3v) is 3.23. The Labute approximate surface area is 120 Å². The zero-order valence-corrected chi connectivity index (χ0v) is 11.7. The van der Waals surface area contributed by atoms with Gasteiger partial charge in [-0.25, -0.2) is 0 Å². The topological polar surface area (TPSA) is 53.0 Å². The van der Waals surface area contributed by atoms with E-state index in [-0.39, 0.29) is 6.04 Å². The SMILES string of the molecule is CC(N)c1ccccc1N(CCC#N)c1ccccc1. The maximum absolute atomic E-state index is 8.89. The number of nitriles is 1. The molecule has 0 spiro atoms. The van der Waals surface area contributed by atoms with Crippen molar-refractivity contribution in [3.63, 3.8) is 0 Å². The van der Waals surface area contributed by atoms with Gasteiger partial charge in [-0.1, -0.05) is 36.4 Å². The Morgan fingerprint density at radius 2 is 1.75 bits per heavy atom. The fraction of sp³-hybridized carbons (Fsp3) is 0.235. The highest BCUT2D eigenvalue weighted by molar-refractivity contribution is 5.67. The number of hydrogen-bond acceptors (Lipinski definition) is 3. The first-order chi connectivity index (χ1) is 9.74. The van der Waals surface area contributed by atoms with Crippen LogP contribution in [-0.2, 0) is 0 Å². The molecule has 0 saturated carbocycles. The molecule has 0 bridgehead atoms. The van der Waals surface area contributed by atoms with Gasteiger partial charge in [0.05, 0.1) is 12.5 Å². The Bertz CT molecular complexity index is 585. The van der Waals surface area contributed by atoms with Gasteiger partial charge in [0.1, 0.15) is 0 Å². The molecule has 2 aromatic carbocycles. The molecular weight excluding hydrogens is 246 g/mol. The Morgan fingerprint density at radius 1 is 1.10 bits per heavy atom. The molecule has 0 saturated heterocycles. The summed E-state index contributed by atoms with van der Waals surface area (Å²) in [5.41, 5.74) is 9.31. The Morgan fingerprint density at radius 3 is 2.40 bits per heavy atom. The van der Waals surface area contributed by atoms with Crippen molar-refractivity contribution in [1.82, 2.24) is 0 Å². The van der Waals surface area contributed by atoms with Gasteiger partial charge < -0.3 is 10.6 Å². The zero-order valence-electron chi connectivity index (χ0n) is 11.7. The summed E-state index contributed by atoms with van der Waals surface area (Å²) in [7, 11) is 0. The van der Waals surface area contributed by atoms with Gasteiger partial charge in [0.15, 0.2) is 0 Å². The molecule has 0 aromatic heterocycles. The molecule has 2 aromatic rings. The third-order valence-electron chi connectivity index (χ3n) is 3.23. The molecular formula is C17H19N3. The minimum atomic E-state index is -0.0421. The summed E-state index contributed by atoms with van der Waals surface area (Å²) < 4.78 is 0. The summed E-state index contributed by atoms with van der Waals surface area (Å²) in [6.45, 7) is 2.64. The van der Waals surface area contributed by atoms with Crippen LogP contribution in [0, 0.1) is 11.3 Å². The molecule has 0 amide bonds. The Kier molecular flexibility index (Phi) is 4.75. The van der Waals surface area contributed by atoms with Crippen molar-refractivity contribution in [2.75, 3.05) is 11.4 Å². The highest BCUT2D eigenvalue weighted by atomic mass is 15.1. The Balaban J connectivity index is 2.45. The van der Waals surface area contributed by atoms with Crippen LogP contribution < -0.4 is 10.6 Å². The van der Waals surface area contributed by atoms with Crippen molar-refractivity contribution in [2.45, 2.75) is 19.4 Å². The van der Waals surface area contributed by atoms with Gasteiger partial charge in [-0.15, -0.1) is 0 Å². The van der Waals surface area contributed by atoms with E-state index >= 15 is 0 Å². The number of hydrogen-bond donors (Lipinski definition) is 1. The molecule has 0 aliphatic carbocycles. The number of rotatable bonds is 5. The lowest BCUT2D eigenvalue weighted by Gasteiger charge is -2.27. The molecule has 0 heterocycles. The van der Waals surface area contributed by atoms with Crippen LogP contribution in [0.2, 0.25) is 0 Å². The molecule has 20 heavy (non-hydrogen) atoms. The van der Waals surface area contributed by atoms with E-state index in [1.807, 2.05) is 43.3 Å². The number of anilines is 2. The van der Waals surface area contributed by atoms with Crippen molar-refractivity contribution < 1.29 is 0 Å². The molecule has 1 atom stereocenters. The second-order valence-electron chi connectivity index (χ2n) is 4.74. The lowest BCUT2D eigenvalue weighted by atomic mass is 10.0. The van der Waals surface area contributed by atoms with Crippen LogP contribution >= 0.6 is 0 Å². The fourth-order valence-corrected chi connectivity index (χ4v) is 2.28. The minimum Gasteiger partial charge on any atom is -0.340 e. The molecule has 0 aliphatic heterocycles. The zero-order chi connectivity index (χ0) is 14.4. The first-order valence-electron chi connectivity index (χ1n) is 6.78. The molecule has 2 N–H and O–H groups in total. The van der Waals surface area contributed by atoms with Gasteiger partial charge >= 0.3 is 0 Å². The van der Waals surface area contributed by atoms with Gasteiger partial charge in [0, 0.05) is 24.0 Å². The monoisotopic (exact) mass is 265 g/mol. The predicted octanol–water partition coefficient (Wildman–Crippen LogP) is 3.76. The molecule has 2 rings (SSSR count). The van der Waals surface area contributed by atoms with E-state index in [0.29, 0.717) is 13.0 Å². The van der Waals surface area contributed by atoms with Crippen LogP contribution in [0.15, 0.2) is 54.6 Å². The first kappa shape index (κ1) is 14.1. The summed E-state index contributed by atoms with van der Waals surface area (Å²) in [5, 5.41) is 8.89. The van der Waals surface area contributed by atoms with Gasteiger partial charge in [-0.2, -0.15) is 5.26 Å². The van der Waals surface area contributed by atoms with Crippen molar-refractivity contribution >= 4 is 11.4 Å². The van der Waals surface area contributed by atoms with E-state index in [1.54, 1.807) is 0 Å². The first-order valence-corrected chi connectivity index (χ1v) is 6.78. The molecule has 102 valence electrons. The second-order valence-corrected chi connectivity index (χ2v) is 4.74. The van der Waals surface area contributed by atoms with Crippen LogP contribution in [0.5, 0.6) is 0 Å². The van der Waals surface area contributed by atoms with E-state index in [2.05, 4.69) is 29.2 Å². The summed E-state index contributed by atoms with van der Waals surface area (Å²) in [6, 6.07) is 20.4. The summed E-state index contributed by atoms with van der Waals surface area (Å²) in [5.74, 6) is 0. The Hall–Kier alpha value is -2.31. The molecule has 0 fully saturated rings. The van der Waals surface area contributed by atoms with E-state index < -0.39 is 0 Å². The molecule has 3 heteroatoms. The number of para-hydroxylation sites is 2. The second kappa shape index (κ2) is 6.74. The molecule has 0 aliphatic rings. The van der Waals surface area contributed by atoms with Crippen LogP contribution in [0.4, 0.5) is 11.4 Å². The predicted molar refractivity (Wildman–Crippen MR) is 82.7 cm³/mol. The van der Waals surface area contributed by atoms with Gasteiger partial charge in [-0.3, -0.25) is 0 Å². The quantitative estimate of drug-likeness (QED) is 0.895. The average molecular weight is 265 g/mol. The van der Waals surface area contributed by atoms with Crippen molar-refractivity contribution in [2.24, 2.45) is 5.73 Å². The highest BCUT2D eigenvalue weighted by Crippen LogP contribution is 2.31. The van der Waals surface area contributed by atoms with Crippen LogP contribution in [0.3, 0.4) is 0 Å². The number of nitrogens with two attached hydrogens (primary N) is 1. The normalized spacial score (nSPS) is 11.7. The molecule has 1 unspecified atom stereocenters. The van der Waals surface area contributed by atoms with Crippen LogP contribution in [0.25, 0.3) is 0 Å². The van der Waals surface area contributed by atoms with Gasteiger partial charge in [0.2, 0.25) is 0 Å². The third kappa shape index (κ3) is 3.17. The summed E-state index contributed by atoms with van der Waals surface area (Å²) in [6.07, 6.45) is 0.474. The van der Waals surface area contributed by atoms with Crippen LogP contribution in [0.1, 0.15) is 24.9 Å². The largest absolute Gasteiger partial charge is 0.340 e. The lowest BCUT2D eigenvalue weighted by molar-refractivity contribution is 0.808. The minimum absolute atomic E-state index is 0.0421. The van der Waals surface area contributed by atoms with Crippen molar-refractivity contribution in [3.05, 3.63) is 60.2 Å². The van der Waals surface area contributed by atoms with Gasteiger partial charge in [-0.05, 0) is 30.7 Å². The highest BCUT2D eigenvalue weighted by Gasteiger charge is 2.14. The van der Waals surface area contributed by atoms with Crippen LogP contribution in [-0.4, -0.2) is 6.54 Å². The van der Waals surface area contributed by atoms with Gasteiger partial charge in [0.25, 0.3) is 0 Å². The average Bonchev–Trinajstić information content (AvgIpc) is 2.49. The van der Waals surface area contributed by atoms with E-state index in [9.17, 15) is 0 Å². The van der Waals surface area contributed by atoms with E-state index in [4.69, 9.17) is 11.0 Å². The smallest absolute Gasteiger partial charge is 0.0640 e. The maximum atomic E-state index is 8.89. The standard InChI is InChI=1S/C17H19N3/c1-14(19)16-10-5-6-11-17(16)20(13-7-12-18)15-8-3-2-4-9-15/h2-6,8-11,14H,7,13,19H2,1H3. The maximum Gasteiger partial charge on any atom is 0.0640 e. The lowest BCUT2D eigenvalue weighted by Crippen LogP contribution is -2.21. The summed E-state index contributed by atoms with van der Waals surface area (Å²) in [4.78, 5) is 2.15. The van der Waals surface area contributed by atoms with Crippen molar-refractivity contribution in [1.29, 1.82) is 5.26 Å². The summed E-state index contributed by atoms with van der Waals surface area (Å²) >= 11 is 0. The molecule has 0 radical (unpaired) electrons.